The van der Waals surface area contributed by atoms with Gasteiger partial charge >= 0.3 is 0 Å². The molecule has 2 amide bonds. The number of amides is 2. The highest BCUT2D eigenvalue weighted by Gasteiger charge is 2.24. The number of benzene rings is 1. The van der Waals surface area contributed by atoms with Gasteiger partial charge in [0.15, 0.2) is 6.61 Å². The number of nitrogens with one attached hydrogen (secondary N) is 1. The SMILES string of the molecule is CC(C)c1ccc(OCC(=O)Nc2sc3c(c2C(N)=O)CCCC3)cc1. The lowest BCUT2D eigenvalue weighted by Gasteiger charge is -2.11. The molecule has 0 atom stereocenters. The monoisotopic (exact) mass is 372 g/mol. The van der Waals surface area contributed by atoms with Crippen molar-refractivity contribution in [2.45, 2.75) is 45.4 Å². The van der Waals surface area contributed by atoms with Crippen molar-refractivity contribution in [1.29, 1.82) is 0 Å². The molecule has 0 unspecified atom stereocenters. The molecule has 3 rings (SSSR count). The van der Waals surface area contributed by atoms with Crippen LogP contribution >= 0.6 is 11.3 Å². The molecule has 0 saturated heterocycles. The van der Waals surface area contributed by atoms with E-state index in [2.05, 4.69) is 19.2 Å². The second-order valence-corrected chi connectivity index (χ2v) is 7.95. The number of primary amides is 1. The van der Waals surface area contributed by atoms with Gasteiger partial charge in [0.2, 0.25) is 0 Å². The fraction of sp³-hybridized carbons (Fsp3) is 0.400. The van der Waals surface area contributed by atoms with Crippen LogP contribution in [0.1, 0.15) is 59.0 Å². The summed E-state index contributed by atoms with van der Waals surface area (Å²) in [6, 6.07) is 7.72. The fourth-order valence-electron chi connectivity index (χ4n) is 3.18. The average molecular weight is 372 g/mol. The van der Waals surface area contributed by atoms with Gasteiger partial charge in [0.1, 0.15) is 10.8 Å². The molecule has 6 heteroatoms. The largest absolute Gasteiger partial charge is 0.484 e. The molecule has 26 heavy (non-hydrogen) atoms. The molecule has 0 spiro atoms. The summed E-state index contributed by atoms with van der Waals surface area (Å²) in [5.41, 5.74) is 8.25. The summed E-state index contributed by atoms with van der Waals surface area (Å²) in [5, 5.41) is 3.35. The summed E-state index contributed by atoms with van der Waals surface area (Å²) in [4.78, 5) is 25.3. The average Bonchev–Trinajstić information content (AvgIpc) is 2.98. The summed E-state index contributed by atoms with van der Waals surface area (Å²) >= 11 is 1.46. The lowest BCUT2D eigenvalue weighted by molar-refractivity contribution is -0.118. The van der Waals surface area contributed by atoms with Crippen LogP contribution in [0.5, 0.6) is 5.75 Å². The van der Waals surface area contributed by atoms with E-state index in [0.717, 1.165) is 36.1 Å². The van der Waals surface area contributed by atoms with Crippen molar-refractivity contribution in [3.63, 3.8) is 0 Å². The van der Waals surface area contributed by atoms with Gasteiger partial charge in [-0.3, -0.25) is 9.59 Å². The first-order valence-electron chi connectivity index (χ1n) is 8.92. The Morgan fingerprint density at radius 2 is 1.88 bits per heavy atom. The Labute approximate surface area is 157 Å². The fourth-order valence-corrected chi connectivity index (χ4v) is 4.49. The van der Waals surface area contributed by atoms with Crippen LogP contribution < -0.4 is 15.8 Å². The van der Waals surface area contributed by atoms with Crippen LogP contribution in [-0.4, -0.2) is 18.4 Å². The predicted molar refractivity (Wildman–Crippen MR) is 104 cm³/mol. The zero-order chi connectivity index (χ0) is 18.7. The number of nitrogens with two attached hydrogens (primary N) is 1. The van der Waals surface area contributed by atoms with Crippen molar-refractivity contribution < 1.29 is 14.3 Å². The summed E-state index contributed by atoms with van der Waals surface area (Å²) in [5.74, 6) is 0.318. The number of carbonyl (C=O) groups is 2. The van der Waals surface area contributed by atoms with E-state index < -0.39 is 5.91 Å². The Balaban J connectivity index is 1.65. The van der Waals surface area contributed by atoms with Gasteiger partial charge in [-0.2, -0.15) is 0 Å². The zero-order valence-corrected chi connectivity index (χ0v) is 15.9. The first-order chi connectivity index (χ1) is 12.5. The van der Waals surface area contributed by atoms with Gasteiger partial charge in [-0.25, -0.2) is 0 Å². The molecule has 0 fully saturated rings. The first-order valence-corrected chi connectivity index (χ1v) is 9.74. The molecule has 5 nitrogen and oxygen atoms in total. The van der Waals surface area contributed by atoms with Gasteiger partial charge in [0.25, 0.3) is 11.8 Å². The maximum absolute atomic E-state index is 12.3. The Kier molecular flexibility index (Phi) is 5.61. The smallest absolute Gasteiger partial charge is 0.262 e. The van der Waals surface area contributed by atoms with Gasteiger partial charge in [0, 0.05) is 4.88 Å². The van der Waals surface area contributed by atoms with Gasteiger partial charge in [0.05, 0.1) is 5.56 Å². The van der Waals surface area contributed by atoms with Crippen molar-refractivity contribution in [2.75, 3.05) is 11.9 Å². The number of aryl methyl sites for hydroxylation is 1. The number of anilines is 1. The predicted octanol–water partition coefficient (Wildman–Crippen LogP) is 3.87. The normalized spacial score (nSPS) is 13.3. The van der Waals surface area contributed by atoms with Crippen LogP contribution in [0.2, 0.25) is 0 Å². The minimum atomic E-state index is -0.482. The number of ether oxygens (including phenoxy) is 1. The third-order valence-electron chi connectivity index (χ3n) is 4.59. The van der Waals surface area contributed by atoms with Crippen molar-refractivity contribution >= 4 is 28.2 Å². The Bertz CT molecular complexity index is 809. The third-order valence-corrected chi connectivity index (χ3v) is 5.79. The first kappa shape index (κ1) is 18.5. The van der Waals surface area contributed by atoms with E-state index in [-0.39, 0.29) is 12.5 Å². The quantitative estimate of drug-likeness (QED) is 0.808. The molecule has 1 aliphatic rings. The van der Waals surface area contributed by atoms with Gasteiger partial charge in [-0.05, 0) is 54.9 Å². The Hall–Kier alpha value is -2.34. The zero-order valence-electron chi connectivity index (χ0n) is 15.1. The molecule has 0 saturated carbocycles. The molecule has 0 bridgehead atoms. The van der Waals surface area contributed by atoms with E-state index in [4.69, 9.17) is 10.5 Å². The van der Waals surface area contributed by atoms with Crippen LogP contribution in [0.25, 0.3) is 0 Å². The molecule has 1 heterocycles. The van der Waals surface area contributed by atoms with Crippen LogP contribution in [0.15, 0.2) is 24.3 Å². The molecule has 1 aromatic carbocycles. The molecule has 3 N–H and O–H groups in total. The van der Waals surface area contributed by atoms with E-state index in [0.29, 0.717) is 22.2 Å². The topological polar surface area (TPSA) is 81.4 Å². The highest BCUT2D eigenvalue weighted by Crippen LogP contribution is 2.37. The maximum atomic E-state index is 12.3. The second-order valence-electron chi connectivity index (χ2n) is 6.84. The molecule has 1 aliphatic carbocycles. The molecule has 2 aromatic rings. The van der Waals surface area contributed by atoms with Crippen LogP contribution in [0.3, 0.4) is 0 Å². The van der Waals surface area contributed by atoms with Crippen LogP contribution in [0.4, 0.5) is 5.00 Å². The van der Waals surface area contributed by atoms with Crippen molar-refractivity contribution in [3.8, 4) is 5.75 Å². The molecule has 0 aliphatic heterocycles. The molecule has 1 aromatic heterocycles. The van der Waals surface area contributed by atoms with E-state index in [1.165, 1.54) is 16.9 Å². The third kappa shape index (κ3) is 4.07. The van der Waals surface area contributed by atoms with Crippen molar-refractivity contribution in [3.05, 3.63) is 45.8 Å². The molecular weight excluding hydrogens is 348 g/mol. The lowest BCUT2D eigenvalue weighted by Crippen LogP contribution is -2.22. The second kappa shape index (κ2) is 7.91. The minimum absolute atomic E-state index is 0.109. The molecular formula is C20H24N2O3S. The van der Waals surface area contributed by atoms with Crippen molar-refractivity contribution in [2.24, 2.45) is 5.73 Å². The number of fused-ring (bicyclic) bond motifs is 1. The number of thiophene rings is 1. The van der Waals surface area contributed by atoms with E-state index in [1.807, 2.05) is 24.3 Å². The van der Waals surface area contributed by atoms with Gasteiger partial charge < -0.3 is 15.8 Å². The van der Waals surface area contributed by atoms with Gasteiger partial charge in [-0.1, -0.05) is 26.0 Å². The summed E-state index contributed by atoms with van der Waals surface area (Å²) < 4.78 is 5.55. The highest BCUT2D eigenvalue weighted by molar-refractivity contribution is 7.17. The van der Waals surface area contributed by atoms with Crippen molar-refractivity contribution in [1.82, 2.24) is 0 Å². The van der Waals surface area contributed by atoms with E-state index in [1.54, 1.807) is 0 Å². The summed E-state index contributed by atoms with van der Waals surface area (Å²) in [7, 11) is 0. The highest BCUT2D eigenvalue weighted by atomic mass is 32.1. The Morgan fingerprint density at radius 1 is 1.19 bits per heavy atom. The number of hydrogen-bond acceptors (Lipinski definition) is 4. The lowest BCUT2D eigenvalue weighted by atomic mass is 9.95. The van der Waals surface area contributed by atoms with E-state index in [9.17, 15) is 9.59 Å². The minimum Gasteiger partial charge on any atom is -0.484 e. The maximum Gasteiger partial charge on any atom is 0.262 e. The number of carbonyl (C=O) groups excluding carboxylic acids is 2. The number of rotatable bonds is 6. The van der Waals surface area contributed by atoms with Crippen LogP contribution in [0, 0.1) is 0 Å². The standard InChI is InChI=1S/C20H24N2O3S/c1-12(2)13-7-9-14(10-8-13)25-11-17(23)22-20-18(19(21)24)15-5-3-4-6-16(15)26-20/h7-10,12H,3-6,11H2,1-2H3,(H2,21,24)(H,22,23). The van der Waals surface area contributed by atoms with E-state index >= 15 is 0 Å². The summed E-state index contributed by atoms with van der Waals surface area (Å²) in [6.07, 6.45) is 3.94. The van der Waals surface area contributed by atoms with Gasteiger partial charge in [-0.15, -0.1) is 11.3 Å². The number of hydrogen-bond donors (Lipinski definition) is 2. The molecule has 138 valence electrons. The molecule has 0 radical (unpaired) electrons. The van der Waals surface area contributed by atoms with Crippen LogP contribution in [-0.2, 0) is 17.6 Å². The Morgan fingerprint density at radius 3 is 2.54 bits per heavy atom. The summed E-state index contributed by atoms with van der Waals surface area (Å²) in [6.45, 7) is 4.14.